The molecule has 1 heterocycles. The van der Waals surface area contributed by atoms with E-state index < -0.39 is 5.97 Å². The van der Waals surface area contributed by atoms with E-state index in [4.69, 9.17) is 10.5 Å². The summed E-state index contributed by atoms with van der Waals surface area (Å²) in [6, 6.07) is 5.35. The van der Waals surface area contributed by atoms with E-state index in [9.17, 15) is 4.79 Å². The Morgan fingerprint density at radius 1 is 1.47 bits per heavy atom. The molecule has 6 nitrogen and oxygen atoms in total. The van der Waals surface area contributed by atoms with Crippen molar-refractivity contribution < 1.29 is 9.53 Å². The summed E-state index contributed by atoms with van der Waals surface area (Å²) in [5.41, 5.74) is 8.20. The zero-order valence-corrected chi connectivity index (χ0v) is 11.1. The van der Waals surface area contributed by atoms with Crippen LogP contribution in [0.3, 0.4) is 0 Å². The Hall–Kier alpha value is -2.50. The number of anilines is 3. The lowest BCUT2D eigenvalue weighted by atomic mass is 10.1. The van der Waals surface area contributed by atoms with Crippen LogP contribution in [0.4, 0.5) is 17.2 Å². The lowest BCUT2D eigenvalue weighted by molar-refractivity contribution is 0.0602. The lowest BCUT2D eigenvalue weighted by Gasteiger charge is -2.11. The Balaban J connectivity index is 2.36. The van der Waals surface area contributed by atoms with Crippen molar-refractivity contribution in [3.8, 4) is 0 Å². The monoisotopic (exact) mass is 260 g/mol. The van der Waals surface area contributed by atoms with Gasteiger partial charge in [-0.2, -0.15) is 5.10 Å². The Morgan fingerprint density at radius 3 is 2.79 bits per heavy atom. The third kappa shape index (κ3) is 2.67. The molecule has 0 aliphatic heterocycles. The van der Waals surface area contributed by atoms with E-state index in [1.807, 2.05) is 32.3 Å². The molecule has 0 radical (unpaired) electrons. The number of nitrogens with two attached hydrogens (primary N) is 1. The Bertz CT molecular complexity index is 619. The maximum atomic E-state index is 11.6. The van der Waals surface area contributed by atoms with Gasteiger partial charge in [0.1, 0.15) is 0 Å². The number of hydrogen-bond acceptors (Lipinski definition) is 5. The van der Waals surface area contributed by atoms with Crippen LogP contribution in [-0.2, 0) is 11.8 Å². The Kier molecular flexibility index (Phi) is 3.41. The van der Waals surface area contributed by atoms with E-state index in [1.54, 1.807) is 10.7 Å². The zero-order valence-electron chi connectivity index (χ0n) is 11.1. The second-order valence-corrected chi connectivity index (χ2v) is 4.25. The van der Waals surface area contributed by atoms with Crippen molar-refractivity contribution in [3.05, 3.63) is 35.5 Å². The Morgan fingerprint density at radius 2 is 2.21 bits per heavy atom. The summed E-state index contributed by atoms with van der Waals surface area (Å²) in [4.78, 5) is 11.6. The molecule has 2 aromatic rings. The summed E-state index contributed by atoms with van der Waals surface area (Å²) >= 11 is 0. The predicted molar refractivity (Wildman–Crippen MR) is 73.4 cm³/mol. The predicted octanol–water partition coefficient (Wildman–Crippen LogP) is 1.84. The summed E-state index contributed by atoms with van der Waals surface area (Å²) in [5.74, 6) is 0.243. The number of hydrogen-bond donors (Lipinski definition) is 2. The van der Waals surface area contributed by atoms with Crippen LogP contribution in [0.1, 0.15) is 15.9 Å². The fourth-order valence-corrected chi connectivity index (χ4v) is 1.78. The molecular weight excluding hydrogens is 244 g/mol. The molecule has 0 amide bonds. The molecule has 100 valence electrons. The molecule has 6 heteroatoms. The molecule has 19 heavy (non-hydrogen) atoms. The summed E-state index contributed by atoms with van der Waals surface area (Å²) in [7, 11) is 3.16. The first-order valence-electron chi connectivity index (χ1n) is 5.76. The molecule has 0 fully saturated rings. The van der Waals surface area contributed by atoms with Crippen LogP contribution in [0.2, 0.25) is 0 Å². The molecule has 0 unspecified atom stereocenters. The van der Waals surface area contributed by atoms with Crippen molar-refractivity contribution in [2.45, 2.75) is 6.92 Å². The number of carbonyl (C=O) groups excluding carboxylic acids is 1. The minimum Gasteiger partial charge on any atom is -0.465 e. The van der Waals surface area contributed by atoms with Gasteiger partial charge in [-0.15, -0.1) is 0 Å². The third-order valence-corrected chi connectivity index (χ3v) is 2.78. The fraction of sp³-hybridized carbons (Fsp3) is 0.231. The van der Waals surface area contributed by atoms with E-state index in [0.29, 0.717) is 17.1 Å². The van der Waals surface area contributed by atoms with E-state index in [-0.39, 0.29) is 0 Å². The van der Waals surface area contributed by atoms with Gasteiger partial charge in [-0.1, -0.05) is 0 Å². The van der Waals surface area contributed by atoms with Crippen molar-refractivity contribution in [2.24, 2.45) is 7.05 Å². The molecule has 0 saturated heterocycles. The highest BCUT2D eigenvalue weighted by atomic mass is 16.5. The number of esters is 1. The topological polar surface area (TPSA) is 82.2 Å². The normalized spacial score (nSPS) is 10.3. The van der Waals surface area contributed by atoms with E-state index in [0.717, 1.165) is 11.3 Å². The number of nitrogens with one attached hydrogen (secondary N) is 1. The standard InChI is InChI=1S/C13H16N4O2/c1-8-6-9(15-11-4-5-17(2)16-11)7-10(12(8)14)13(18)19-3/h4-7H,14H2,1-3H3,(H,15,16). The third-order valence-electron chi connectivity index (χ3n) is 2.78. The average Bonchev–Trinajstić information content (AvgIpc) is 2.78. The first-order valence-corrected chi connectivity index (χ1v) is 5.76. The van der Waals surface area contributed by atoms with Crippen LogP contribution in [0.5, 0.6) is 0 Å². The van der Waals surface area contributed by atoms with Crippen LogP contribution >= 0.6 is 0 Å². The number of methoxy groups -OCH3 is 1. The molecule has 0 spiro atoms. The van der Waals surface area contributed by atoms with Gasteiger partial charge >= 0.3 is 5.97 Å². The summed E-state index contributed by atoms with van der Waals surface area (Å²) in [6.07, 6.45) is 1.83. The van der Waals surface area contributed by atoms with Gasteiger partial charge in [0.2, 0.25) is 0 Å². The zero-order chi connectivity index (χ0) is 14.0. The van der Waals surface area contributed by atoms with Gasteiger partial charge < -0.3 is 15.8 Å². The Labute approximate surface area is 111 Å². The van der Waals surface area contributed by atoms with E-state index >= 15 is 0 Å². The van der Waals surface area contributed by atoms with Crippen LogP contribution in [-0.4, -0.2) is 22.9 Å². The van der Waals surface area contributed by atoms with Gasteiger partial charge in [-0.05, 0) is 24.6 Å². The molecule has 1 aromatic heterocycles. The molecule has 0 bridgehead atoms. The van der Waals surface area contributed by atoms with Crippen molar-refractivity contribution in [3.63, 3.8) is 0 Å². The fourth-order valence-electron chi connectivity index (χ4n) is 1.78. The number of nitrogen functional groups attached to an aromatic ring is 1. The number of aryl methyl sites for hydroxylation is 2. The molecule has 0 aliphatic carbocycles. The van der Waals surface area contributed by atoms with Crippen molar-refractivity contribution in [2.75, 3.05) is 18.2 Å². The number of rotatable bonds is 3. The highest BCUT2D eigenvalue weighted by molar-refractivity contribution is 5.97. The molecule has 0 saturated carbocycles. The number of aromatic nitrogens is 2. The first-order chi connectivity index (χ1) is 9.01. The van der Waals surface area contributed by atoms with Crippen molar-refractivity contribution >= 4 is 23.2 Å². The maximum Gasteiger partial charge on any atom is 0.340 e. The molecule has 3 N–H and O–H groups in total. The van der Waals surface area contributed by atoms with Crippen molar-refractivity contribution in [1.29, 1.82) is 0 Å². The van der Waals surface area contributed by atoms with Gasteiger partial charge in [0.05, 0.1) is 12.7 Å². The second kappa shape index (κ2) is 5.01. The highest BCUT2D eigenvalue weighted by Gasteiger charge is 2.13. The number of carbonyl (C=O) groups is 1. The maximum absolute atomic E-state index is 11.6. The quantitative estimate of drug-likeness (QED) is 0.650. The molecule has 2 rings (SSSR count). The average molecular weight is 260 g/mol. The first kappa shape index (κ1) is 12.9. The molecular formula is C13H16N4O2. The molecule has 0 aliphatic rings. The number of nitrogens with zero attached hydrogens (tertiary/aromatic N) is 2. The van der Waals surface area contributed by atoms with Gasteiger partial charge in [0.15, 0.2) is 5.82 Å². The summed E-state index contributed by atoms with van der Waals surface area (Å²) in [6.45, 7) is 1.84. The SMILES string of the molecule is COC(=O)c1cc(Nc2ccn(C)n2)cc(C)c1N. The minimum atomic E-state index is -0.453. The smallest absolute Gasteiger partial charge is 0.340 e. The second-order valence-electron chi connectivity index (χ2n) is 4.25. The van der Waals surface area contributed by atoms with Crippen LogP contribution in [0.15, 0.2) is 24.4 Å². The van der Waals surface area contributed by atoms with Gasteiger partial charge in [0, 0.05) is 30.7 Å². The summed E-state index contributed by atoms with van der Waals surface area (Å²) < 4.78 is 6.40. The van der Waals surface area contributed by atoms with E-state index in [1.165, 1.54) is 7.11 Å². The molecule has 1 aromatic carbocycles. The summed E-state index contributed by atoms with van der Waals surface area (Å²) in [5, 5.41) is 7.33. The van der Waals surface area contributed by atoms with Crippen LogP contribution in [0, 0.1) is 6.92 Å². The lowest BCUT2D eigenvalue weighted by Crippen LogP contribution is -2.08. The molecule has 0 atom stereocenters. The van der Waals surface area contributed by atoms with E-state index in [2.05, 4.69) is 10.4 Å². The largest absolute Gasteiger partial charge is 0.465 e. The number of ether oxygens (including phenoxy) is 1. The van der Waals surface area contributed by atoms with Crippen LogP contribution in [0.25, 0.3) is 0 Å². The van der Waals surface area contributed by atoms with Gasteiger partial charge in [-0.25, -0.2) is 4.79 Å². The van der Waals surface area contributed by atoms with Gasteiger partial charge in [-0.3, -0.25) is 4.68 Å². The minimum absolute atomic E-state index is 0.348. The number of benzene rings is 1. The van der Waals surface area contributed by atoms with Crippen molar-refractivity contribution in [1.82, 2.24) is 9.78 Å². The van der Waals surface area contributed by atoms with Crippen LogP contribution < -0.4 is 11.1 Å². The van der Waals surface area contributed by atoms with Gasteiger partial charge in [0.25, 0.3) is 0 Å². The highest BCUT2D eigenvalue weighted by Crippen LogP contribution is 2.25.